The van der Waals surface area contributed by atoms with Gasteiger partial charge in [0.15, 0.2) is 0 Å². The summed E-state index contributed by atoms with van der Waals surface area (Å²) in [5.41, 5.74) is 5.26. The Kier molecular flexibility index (Phi) is 4.73. The molecule has 1 aromatic heterocycles. The lowest BCUT2D eigenvalue weighted by atomic mass is 9.96. The summed E-state index contributed by atoms with van der Waals surface area (Å²) in [5, 5.41) is 1.04. The number of nitrogens with zero attached hydrogens (tertiary/aromatic N) is 2. The average Bonchev–Trinajstić information content (AvgIpc) is 2.53. The van der Waals surface area contributed by atoms with Crippen molar-refractivity contribution in [2.75, 3.05) is 16.9 Å². The van der Waals surface area contributed by atoms with E-state index in [4.69, 9.17) is 15.8 Å². The fourth-order valence-corrected chi connectivity index (χ4v) is 5.99. The van der Waals surface area contributed by atoms with Crippen LogP contribution in [-0.4, -0.2) is 26.7 Å². The molecule has 2 unspecified atom stereocenters. The Morgan fingerprint density at radius 1 is 1.20 bits per heavy atom. The summed E-state index contributed by atoms with van der Waals surface area (Å²) in [5.74, 6) is 9.97. The maximum atomic E-state index is 5.69. The van der Waals surface area contributed by atoms with Gasteiger partial charge in [-0.05, 0) is 32.1 Å². The fourth-order valence-electron chi connectivity index (χ4n) is 3.00. The Morgan fingerprint density at radius 3 is 2.80 bits per heavy atom. The summed E-state index contributed by atoms with van der Waals surface area (Å²) < 4.78 is 0. The van der Waals surface area contributed by atoms with Crippen molar-refractivity contribution < 1.29 is 0 Å². The van der Waals surface area contributed by atoms with Crippen molar-refractivity contribution in [1.29, 1.82) is 0 Å². The first-order valence-corrected chi connectivity index (χ1v) is 9.52. The van der Waals surface area contributed by atoms with Crippen LogP contribution in [0.4, 0.5) is 5.82 Å². The highest BCUT2D eigenvalue weighted by molar-refractivity contribution is 8.06. The van der Waals surface area contributed by atoms with Gasteiger partial charge in [0.05, 0.1) is 5.25 Å². The molecule has 1 saturated heterocycles. The summed E-state index contributed by atoms with van der Waals surface area (Å²) >= 11 is 4.07. The van der Waals surface area contributed by atoms with Gasteiger partial charge in [0, 0.05) is 28.0 Å². The van der Waals surface area contributed by atoms with Crippen molar-refractivity contribution in [3.05, 3.63) is 17.1 Å². The summed E-state index contributed by atoms with van der Waals surface area (Å²) in [7, 11) is 0. The Hall–Kier alpha value is -0.460. The number of nitrogens with two attached hydrogens (primary N) is 1. The van der Waals surface area contributed by atoms with Crippen molar-refractivity contribution in [2.24, 2.45) is 5.84 Å². The molecule has 2 aliphatic rings. The van der Waals surface area contributed by atoms with E-state index in [0.717, 1.165) is 24.5 Å². The predicted octanol–water partition coefficient (Wildman–Crippen LogP) is 2.94. The van der Waals surface area contributed by atoms with E-state index in [1.807, 2.05) is 11.8 Å². The van der Waals surface area contributed by atoms with E-state index < -0.39 is 0 Å². The second-order valence-corrected chi connectivity index (χ2v) is 7.91. The lowest BCUT2D eigenvalue weighted by molar-refractivity contribution is 0.648. The monoisotopic (exact) mass is 310 g/mol. The Labute approximate surface area is 129 Å². The zero-order valence-electron chi connectivity index (χ0n) is 11.9. The second-order valence-electron chi connectivity index (χ2n) is 5.32. The summed E-state index contributed by atoms with van der Waals surface area (Å²) in [6.07, 6.45) is 5.75. The highest BCUT2D eigenvalue weighted by Crippen LogP contribution is 2.43. The third-order valence-corrected chi connectivity index (χ3v) is 7.29. The highest BCUT2D eigenvalue weighted by atomic mass is 32.2. The van der Waals surface area contributed by atoms with Crippen molar-refractivity contribution in [2.45, 2.75) is 49.5 Å². The molecular weight excluding hydrogens is 288 g/mol. The van der Waals surface area contributed by atoms with Crippen molar-refractivity contribution in [1.82, 2.24) is 9.97 Å². The number of nitrogen functional groups attached to an aromatic ring is 1. The quantitative estimate of drug-likeness (QED) is 0.661. The minimum Gasteiger partial charge on any atom is -0.308 e. The summed E-state index contributed by atoms with van der Waals surface area (Å²) in [4.78, 5) is 9.65. The van der Waals surface area contributed by atoms with Gasteiger partial charge in [0.2, 0.25) is 0 Å². The number of hydrazine groups is 1. The molecule has 3 rings (SSSR count). The normalized spacial score (nSPS) is 26.1. The van der Waals surface area contributed by atoms with Crippen LogP contribution in [-0.2, 0) is 12.8 Å². The summed E-state index contributed by atoms with van der Waals surface area (Å²) in [6.45, 7) is 2.26. The van der Waals surface area contributed by atoms with Crippen molar-refractivity contribution in [3.8, 4) is 0 Å². The maximum Gasteiger partial charge on any atom is 0.147 e. The largest absolute Gasteiger partial charge is 0.308 e. The number of hydrogen-bond acceptors (Lipinski definition) is 6. The zero-order chi connectivity index (χ0) is 13.9. The van der Waals surface area contributed by atoms with Crippen molar-refractivity contribution >= 4 is 29.3 Å². The third kappa shape index (κ3) is 2.78. The first kappa shape index (κ1) is 14.5. The van der Waals surface area contributed by atoms with Gasteiger partial charge < -0.3 is 5.43 Å². The smallest absolute Gasteiger partial charge is 0.147 e. The van der Waals surface area contributed by atoms with Crippen LogP contribution >= 0.6 is 23.5 Å². The topological polar surface area (TPSA) is 63.8 Å². The number of nitrogens with one attached hydrogen (secondary N) is 1. The molecule has 0 amide bonds. The van der Waals surface area contributed by atoms with Gasteiger partial charge in [0.25, 0.3) is 0 Å². The minimum absolute atomic E-state index is 0.415. The summed E-state index contributed by atoms with van der Waals surface area (Å²) in [6, 6.07) is 0. The Morgan fingerprint density at radius 2 is 2.00 bits per heavy atom. The van der Waals surface area contributed by atoms with E-state index in [0.29, 0.717) is 10.5 Å². The van der Waals surface area contributed by atoms with E-state index in [1.54, 1.807) is 0 Å². The molecule has 1 aliphatic heterocycles. The van der Waals surface area contributed by atoms with Crippen molar-refractivity contribution in [3.63, 3.8) is 0 Å². The number of aryl methyl sites for hydroxylation is 1. The number of anilines is 1. The van der Waals surface area contributed by atoms with Crippen LogP contribution < -0.4 is 11.3 Å². The molecule has 0 radical (unpaired) electrons. The molecule has 0 bridgehead atoms. The highest BCUT2D eigenvalue weighted by Gasteiger charge is 2.30. The van der Waals surface area contributed by atoms with Gasteiger partial charge in [-0.15, -0.1) is 11.8 Å². The number of aromatic nitrogens is 2. The SMILES string of the molecule is CCC1SCCSC1c1nc2c(c(NN)n1)CCCC2. The fraction of sp³-hybridized carbons (Fsp3) is 0.714. The molecule has 2 atom stereocenters. The minimum atomic E-state index is 0.415. The maximum absolute atomic E-state index is 5.69. The standard InChI is InChI=1S/C14H22N4S2/c1-2-11-12(20-8-7-19-11)14-16-10-6-4-3-5-9(10)13(17-14)18-15/h11-12H,2-8,15H2,1H3,(H,16,17,18). The number of hydrogen-bond donors (Lipinski definition) is 2. The molecular formula is C14H22N4S2. The Bertz CT molecular complexity index is 463. The molecule has 110 valence electrons. The van der Waals surface area contributed by atoms with Gasteiger partial charge in [-0.25, -0.2) is 15.8 Å². The molecule has 1 aromatic rings. The van der Waals surface area contributed by atoms with E-state index in [1.165, 1.54) is 42.0 Å². The van der Waals surface area contributed by atoms with E-state index >= 15 is 0 Å². The van der Waals surface area contributed by atoms with Crippen LogP contribution in [0.2, 0.25) is 0 Å². The predicted molar refractivity (Wildman–Crippen MR) is 88.2 cm³/mol. The first-order valence-electron chi connectivity index (χ1n) is 7.43. The Balaban J connectivity index is 1.96. The van der Waals surface area contributed by atoms with Gasteiger partial charge in [-0.2, -0.15) is 11.8 Å². The molecule has 2 heterocycles. The van der Waals surface area contributed by atoms with Crippen LogP contribution in [0.15, 0.2) is 0 Å². The number of thioether (sulfide) groups is 2. The van der Waals surface area contributed by atoms with Crippen LogP contribution in [0.5, 0.6) is 0 Å². The zero-order valence-corrected chi connectivity index (χ0v) is 13.5. The van der Waals surface area contributed by atoms with Gasteiger partial charge in [0.1, 0.15) is 11.6 Å². The molecule has 20 heavy (non-hydrogen) atoms. The second kappa shape index (κ2) is 6.54. The van der Waals surface area contributed by atoms with Crippen LogP contribution in [0.1, 0.15) is 48.5 Å². The van der Waals surface area contributed by atoms with Gasteiger partial charge in [-0.1, -0.05) is 6.92 Å². The third-order valence-electron chi connectivity index (χ3n) is 4.04. The van der Waals surface area contributed by atoms with Gasteiger partial charge in [-0.3, -0.25) is 0 Å². The average molecular weight is 310 g/mol. The van der Waals surface area contributed by atoms with E-state index in [2.05, 4.69) is 24.1 Å². The molecule has 4 nitrogen and oxygen atoms in total. The lowest BCUT2D eigenvalue weighted by Gasteiger charge is -2.30. The molecule has 0 spiro atoms. The molecule has 1 aliphatic carbocycles. The molecule has 6 heteroatoms. The van der Waals surface area contributed by atoms with E-state index in [-0.39, 0.29) is 0 Å². The lowest BCUT2D eigenvalue weighted by Crippen LogP contribution is -2.24. The van der Waals surface area contributed by atoms with Gasteiger partial charge >= 0.3 is 0 Å². The number of fused-ring (bicyclic) bond motifs is 1. The molecule has 0 aromatic carbocycles. The first-order chi connectivity index (χ1) is 9.83. The van der Waals surface area contributed by atoms with Crippen LogP contribution in [0.3, 0.4) is 0 Å². The van der Waals surface area contributed by atoms with Crippen LogP contribution in [0.25, 0.3) is 0 Å². The molecule has 0 saturated carbocycles. The molecule has 3 N–H and O–H groups in total. The molecule has 1 fully saturated rings. The number of rotatable bonds is 3. The van der Waals surface area contributed by atoms with E-state index in [9.17, 15) is 0 Å². The van der Waals surface area contributed by atoms with Crippen LogP contribution in [0, 0.1) is 0 Å².